The van der Waals surface area contributed by atoms with E-state index >= 15 is 0 Å². The molecule has 0 aliphatic carbocycles. The standard InChI is InChI=1S/C16H23N3O/c1-5-16-14(11-19(3)18-16)10-17-12(2)13-7-6-8-15(9-13)20-4/h6-9,11-12,17H,5,10H2,1-4H3/t12-/m0/s1. The van der Waals surface area contributed by atoms with Crippen molar-refractivity contribution in [1.29, 1.82) is 0 Å². The largest absolute Gasteiger partial charge is 0.497 e. The molecule has 0 bridgehead atoms. The summed E-state index contributed by atoms with van der Waals surface area (Å²) >= 11 is 0. The molecule has 0 unspecified atom stereocenters. The van der Waals surface area contributed by atoms with Crippen LogP contribution >= 0.6 is 0 Å². The van der Waals surface area contributed by atoms with Gasteiger partial charge in [-0.15, -0.1) is 0 Å². The topological polar surface area (TPSA) is 39.1 Å². The van der Waals surface area contributed by atoms with Crippen LogP contribution in [0.3, 0.4) is 0 Å². The van der Waals surface area contributed by atoms with Crippen molar-refractivity contribution >= 4 is 0 Å². The Morgan fingerprint density at radius 1 is 1.40 bits per heavy atom. The minimum Gasteiger partial charge on any atom is -0.497 e. The number of hydrogen-bond donors (Lipinski definition) is 1. The molecule has 0 saturated heterocycles. The Bertz CT molecular complexity index is 563. The minimum absolute atomic E-state index is 0.273. The van der Waals surface area contributed by atoms with Gasteiger partial charge in [-0.1, -0.05) is 19.1 Å². The molecule has 2 aromatic rings. The molecule has 0 spiro atoms. The van der Waals surface area contributed by atoms with Crippen LogP contribution in [0.4, 0.5) is 0 Å². The lowest BCUT2D eigenvalue weighted by Crippen LogP contribution is -2.18. The van der Waals surface area contributed by atoms with Crippen molar-refractivity contribution in [2.75, 3.05) is 7.11 Å². The molecule has 0 radical (unpaired) electrons. The molecule has 1 N–H and O–H groups in total. The second kappa shape index (κ2) is 6.57. The molecule has 2 rings (SSSR count). The Morgan fingerprint density at radius 3 is 2.90 bits per heavy atom. The number of aromatic nitrogens is 2. The lowest BCUT2D eigenvalue weighted by atomic mass is 10.1. The number of nitrogens with one attached hydrogen (secondary N) is 1. The van der Waals surface area contributed by atoms with Crippen LogP contribution in [0.5, 0.6) is 5.75 Å². The minimum atomic E-state index is 0.273. The third kappa shape index (κ3) is 3.39. The average molecular weight is 273 g/mol. The number of hydrogen-bond acceptors (Lipinski definition) is 3. The zero-order chi connectivity index (χ0) is 14.5. The number of benzene rings is 1. The van der Waals surface area contributed by atoms with E-state index in [0.717, 1.165) is 24.4 Å². The van der Waals surface area contributed by atoms with Crippen molar-refractivity contribution in [3.05, 3.63) is 47.3 Å². The monoisotopic (exact) mass is 273 g/mol. The van der Waals surface area contributed by atoms with Crippen molar-refractivity contribution in [2.24, 2.45) is 7.05 Å². The second-order valence-electron chi connectivity index (χ2n) is 5.01. The maximum atomic E-state index is 5.27. The number of aryl methyl sites for hydroxylation is 2. The summed E-state index contributed by atoms with van der Waals surface area (Å²) < 4.78 is 7.15. The average Bonchev–Trinajstić information content (AvgIpc) is 2.85. The van der Waals surface area contributed by atoms with Crippen LogP contribution in [-0.2, 0) is 20.0 Å². The van der Waals surface area contributed by atoms with Crippen molar-refractivity contribution in [3.63, 3.8) is 0 Å². The van der Waals surface area contributed by atoms with E-state index in [1.165, 1.54) is 11.1 Å². The fourth-order valence-electron chi connectivity index (χ4n) is 2.32. The van der Waals surface area contributed by atoms with E-state index in [9.17, 15) is 0 Å². The first kappa shape index (κ1) is 14.6. The van der Waals surface area contributed by atoms with E-state index in [0.29, 0.717) is 0 Å². The van der Waals surface area contributed by atoms with Gasteiger partial charge in [-0.2, -0.15) is 5.10 Å². The van der Waals surface area contributed by atoms with Gasteiger partial charge in [-0.3, -0.25) is 4.68 Å². The van der Waals surface area contributed by atoms with Crippen LogP contribution in [0.2, 0.25) is 0 Å². The smallest absolute Gasteiger partial charge is 0.119 e. The fourth-order valence-corrected chi connectivity index (χ4v) is 2.32. The van der Waals surface area contributed by atoms with Crippen molar-refractivity contribution in [1.82, 2.24) is 15.1 Å². The lowest BCUT2D eigenvalue weighted by Gasteiger charge is -2.15. The number of methoxy groups -OCH3 is 1. The van der Waals surface area contributed by atoms with Crippen molar-refractivity contribution in [3.8, 4) is 5.75 Å². The normalized spacial score (nSPS) is 12.4. The fraction of sp³-hybridized carbons (Fsp3) is 0.438. The second-order valence-corrected chi connectivity index (χ2v) is 5.01. The van der Waals surface area contributed by atoms with Gasteiger partial charge in [-0.05, 0) is 31.0 Å². The first-order valence-corrected chi connectivity index (χ1v) is 7.02. The Balaban J connectivity index is 2.02. The third-order valence-corrected chi connectivity index (χ3v) is 3.52. The van der Waals surface area contributed by atoms with E-state index < -0.39 is 0 Å². The predicted molar refractivity (Wildman–Crippen MR) is 80.8 cm³/mol. The summed E-state index contributed by atoms with van der Waals surface area (Å²) in [5, 5.41) is 8.01. The van der Waals surface area contributed by atoms with Gasteiger partial charge in [-0.25, -0.2) is 0 Å². The molecule has 1 aromatic carbocycles. The molecule has 0 amide bonds. The number of nitrogens with zero attached hydrogens (tertiary/aromatic N) is 2. The molecule has 0 fully saturated rings. The quantitative estimate of drug-likeness (QED) is 0.879. The molecule has 4 heteroatoms. The zero-order valence-electron chi connectivity index (χ0n) is 12.7. The molecule has 0 saturated carbocycles. The maximum absolute atomic E-state index is 5.27. The number of rotatable bonds is 6. The van der Waals surface area contributed by atoms with Crippen LogP contribution in [0.1, 0.15) is 36.7 Å². The van der Waals surface area contributed by atoms with Gasteiger partial charge in [0.15, 0.2) is 0 Å². The lowest BCUT2D eigenvalue weighted by molar-refractivity contribution is 0.413. The molecule has 0 aliphatic heterocycles. The highest BCUT2D eigenvalue weighted by Gasteiger charge is 2.09. The Kier molecular flexibility index (Phi) is 4.79. The van der Waals surface area contributed by atoms with Crippen LogP contribution in [0, 0.1) is 0 Å². The van der Waals surface area contributed by atoms with Gasteiger partial charge < -0.3 is 10.1 Å². The van der Waals surface area contributed by atoms with E-state index in [4.69, 9.17) is 4.74 Å². The molecule has 20 heavy (non-hydrogen) atoms. The maximum Gasteiger partial charge on any atom is 0.119 e. The van der Waals surface area contributed by atoms with Gasteiger partial charge in [0.25, 0.3) is 0 Å². The highest BCUT2D eigenvalue weighted by atomic mass is 16.5. The van der Waals surface area contributed by atoms with Gasteiger partial charge in [0.1, 0.15) is 5.75 Å². The molecular weight excluding hydrogens is 250 g/mol. The Labute approximate surface area is 120 Å². The number of ether oxygens (including phenoxy) is 1. The van der Waals surface area contributed by atoms with Crippen molar-refractivity contribution < 1.29 is 4.74 Å². The first-order chi connectivity index (χ1) is 9.63. The van der Waals surface area contributed by atoms with Gasteiger partial charge in [0.2, 0.25) is 0 Å². The molecule has 4 nitrogen and oxygen atoms in total. The molecular formula is C16H23N3O. The molecule has 1 heterocycles. The Hall–Kier alpha value is -1.81. The van der Waals surface area contributed by atoms with E-state index in [1.807, 2.05) is 23.9 Å². The van der Waals surface area contributed by atoms with Crippen LogP contribution in [0.15, 0.2) is 30.5 Å². The first-order valence-electron chi connectivity index (χ1n) is 7.02. The van der Waals surface area contributed by atoms with E-state index in [1.54, 1.807) is 7.11 Å². The summed E-state index contributed by atoms with van der Waals surface area (Å²) in [5.74, 6) is 0.895. The van der Waals surface area contributed by atoms with Gasteiger partial charge in [0.05, 0.1) is 12.8 Å². The summed E-state index contributed by atoms with van der Waals surface area (Å²) in [6, 6.07) is 8.45. The molecule has 0 aliphatic rings. The highest BCUT2D eigenvalue weighted by Crippen LogP contribution is 2.19. The summed E-state index contributed by atoms with van der Waals surface area (Å²) in [7, 11) is 3.66. The van der Waals surface area contributed by atoms with Crippen molar-refractivity contribution in [2.45, 2.75) is 32.9 Å². The summed E-state index contributed by atoms with van der Waals surface area (Å²) in [6.07, 6.45) is 3.05. The molecule has 1 aromatic heterocycles. The van der Waals surface area contributed by atoms with Gasteiger partial charge >= 0.3 is 0 Å². The van der Waals surface area contributed by atoms with Gasteiger partial charge in [0, 0.05) is 31.4 Å². The van der Waals surface area contributed by atoms with E-state index in [-0.39, 0.29) is 6.04 Å². The van der Waals surface area contributed by atoms with E-state index in [2.05, 4.69) is 42.6 Å². The molecule has 108 valence electrons. The predicted octanol–water partition coefficient (Wildman–Crippen LogP) is 2.84. The SMILES string of the molecule is CCc1nn(C)cc1CN[C@@H](C)c1cccc(OC)c1. The van der Waals surface area contributed by atoms with Crippen LogP contribution < -0.4 is 10.1 Å². The zero-order valence-corrected chi connectivity index (χ0v) is 12.7. The summed E-state index contributed by atoms with van der Waals surface area (Å²) in [5.41, 5.74) is 3.66. The van der Waals surface area contributed by atoms with Crippen LogP contribution in [0.25, 0.3) is 0 Å². The highest BCUT2D eigenvalue weighted by molar-refractivity contribution is 5.30. The summed E-state index contributed by atoms with van der Waals surface area (Å²) in [4.78, 5) is 0. The molecule has 1 atom stereocenters. The third-order valence-electron chi connectivity index (χ3n) is 3.52. The Morgan fingerprint density at radius 2 is 2.20 bits per heavy atom. The summed E-state index contributed by atoms with van der Waals surface area (Å²) in [6.45, 7) is 5.13. The van der Waals surface area contributed by atoms with Crippen LogP contribution in [-0.4, -0.2) is 16.9 Å².